The summed E-state index contributed by atoms with van der Waals surface area (Å²) in [5, 5.41) is 2.83. The van der Waals surface area contributed by atoms with Crippen LogP contribution in [-0.2, 0) is 0 Å². The Morgan fingerprint density at radius 3 is 2.46 bits per heavy atom. The van der Waals surface area contributed by atoms with E-state index in [2.05, 4.69) is 20.3 Å². The van der Waals surface area contributed by atoms with E-state index in [0.717, 1.165) is 16.6 Å². The molecule has 0 aliphatic carbocycles. The number of nitrogens with zero attached hydrogens (tertiary/aromatic N) is 2. The lowest BCUT2D eigenvalue weighted by Gasteiger charge is -2.07. The van der Waals surface area contributed by atoms with Gasteiger partial charge in [0.25, 0.3) is 5.91 Å². The van der Waals surface area contributed by atoms with Crippen LogP contribution in [-0.4, -0.2) is 20.9 Å². The van der Waals surface area contributed by atoms with Gasteiger partial charge in [-0.05, 0) is 55.0 Å². The SMILES string of the molecule is Cc1cccc2[nH]c(C(=O)Nc3ccc(Oc4ccncc4)cc3)nc12. The Balaban J connectivity index is 1.47. The summed E-state index contributed by atoms with van der Waals surface area (Å²) in [5.74, 6) is 1.37. The highest BCUT2D eigenvalue weighted by molar-refractivity contribution is 6.03. The van der Waals surface area contributed by atoms with Crippen LogP contribution in [0, 0.1) is 6.92 Å². The average molecular weight is 344 g/mol. The van der Waals surface area contributed by atoms with Gasteiger partial charge in [-0.15, -0.1) is 0 Å². The lowest BCUT2D eigenvalue weighted by molar-refractivity contribution is 0.101. The number of ether oxygens (including phenoxy) is 1. The molecule has 0 saturated heterocycles. The van der Waals surface area contributed by atoms with Gasteiger partial charge in [0.15, 0.2) is 5.82 Å². The first-order valence-electron chi connectivity index (χ1n) is 8.14. The highest BCUT2D eigenvalue weighted by Gasteiger charge is 2.12. The van der Waals surface area contributed by atoms with E-state index >= 15 is 0 Å². The van der Waals surface area contributed by atoms with Crippen molar-refractivity contribution in [2.75, 3.05) is 5.32 Å². The summed E-state index contributed by atoms with van der Waals surface area (Å²) in [7, 11) is 0. The van der Waals surface area contributed by atoms with Crippen molar-refractivity contribution in [2.45, 2.75) is 6.92 Å². The van der Waals surface area contributed by atoms with Gasteiger partial charge in [0.2, 0.25) is 0 Å². The van der Waals surface area contributed by atoms with Crippen LogP contribution in [0.4, 0.5) is 5.69 Å². The second-order valence-corrected chi connectivity index (χ2v) is 5.82. The van der Waals surface area contributed by atoms with Crippen molar-refractivity contribution < 1.29 is 9.53 Å². The lowest BCUT2D eigenvalue weighted by Crippen LogP contribution is -2.13. The summed E-state index contributed by atoms with van der Waals surface area (Å²) in [6.07, 6.45) is 3.33. The number of imidazole rings is 1. The van der Waals surface area contributed by atoms with Gasteiger partial charge in [-0.1, -0.05) is 12.1 Å². The third-order valence-corrected chi connectivity index (χ3v) is 3.93. The molecular formula is C20H16N4O2. The van der Waals surface area contributed by atoms with Crippen LogP contribution >= 0.6 is 0 Å². The molecule has 4 rings (SSSR count). The number of benzene rings is 2. The molecule has 2 aromatic heterocycles. The van der Waals surface area contributed by atoms with Crippen LogP contribution in [0.3, 0.4) is 0 Å². The number of anilines is 1. The number of pyridine rings is 1. The van der Waals surface area contributed by atoms with Crippen molar-refractivity contribution in [1.29, 1.82) is 0 Å². The predicted octanol–water partition coefficient (Wildman–Crippen LogP) is 4.31. The van der Waals surface area contributed by atoms with E-state index in [1.165, 1.54) is 0 Å². The standard InChI is InChI=1S/C20H16N4O2/c1-13-3-2-4-17-18(13)24-19(23-17)20(25)22-14-5-7-15(8-6-14)26-16-9-11-21-12-10-16/h2-12H,1H3,(H,22,25)(H,23,24). The minimum absolute atomic E-state index is 0.284. The number of nitrogens with one attached hydrogen (secondary N) is 2. The summed E-state index contributed by atoms with van der Waals surface area (Å²) in [4.78, 5) is 23.8. The van der Waals surface area contributed by atoms with Gasteiger partial charge in [-0.2, -0.15) is 0 Å². The molecular weight excluding hydrogens is 328 g/mol. The molecule has 128 valence electrons. The molecule has 0 saturated carbocycles. The number of hydrogen-bond donors (Lipinski definition) is 2. The van der Waals surface area contributed by atoms with Crippen LogP contribution in [0.5, 0.6) is 11.5 Å². The summed E-state index contributed by atoms with van der Waals surface area (Å²) in [5.41, 5.74) is 3.33. The number of rotatable bonds is 4. The van der Waals surface area contributed by atoms with E-state index in [0.29, 0.717) is 17.2 Å². The van der Waals surface area contributed by atoms with Crippen LogP contribution in [0.1, 0.15) is 16.2 Å². The normalized spacial score (nSPS) is 10.7. The van der Waals surface area contributed by atoms with E-state index < -0.39 is 0 Å². The highest BCUT2D eigenvalue weighted by atomic mass is 16.5. The molecule has 2 heterocycles. The number of amides is 1. The molecule has 0 bridgehead atoms. The quantitative estimate of drug-likeness (QED) is 0.578. The zero-order chi connectivity index (χ0) is 17.9. The van der Waals surface area contributed by atoms with Crippen molar-refractivity contribution >= 4 is 22.6 Å². The summed E-state index contributed by atoms with van der Waals surface area (Å²) in [6, 6.07) is 16.5. The maximum absolute atomic E-state index is 12.4. The van der Waals surface area contributed by atoms with E-state index in [-0.39, 0.29) is 11.7 Å². The van der Waals surface area contributed by atoms with Gasteiger partial charge < -0.3 is 15.0 Å². The van der Waals surface area contributed by atoms with Crippen molar-refractivity contribution in [2.24, 2.45) is 0 Å². The van der Waals surface area contributed by atoms with Crippen molar-refractivity contribution in [3.63, 3.8) is 0 Å². The van der Waals surface area contributed by atoms with Crippen LogP contribution < -0.4 is 10.1 Å². The number of hydrogen-bond acceptors (Lipinski definition) is 4. The summed E-state index contributed by atoms with van der Waals surface area (Å²) < 4.78 is 5.70. The van der Waals surface area contributed by atoms with Crippen LogP contribution in [0.15, 0.2) is 67.0 Å². The molecule has 26 heavy (non-hydrogen) atoms. The Labute approximate surface area is 149 Å². The number of fused-ring (bicyclic) bond motifs is 1. The highest BCUT2D eigenvalue weighted by Crippen LogP contribution is 2.22. The smallest absolute Gasteiger partial charge is 0.291 e. The monoisotopic (exact) mass is 344 g/mol. The molecule has 2 N–H and O–H groups in total. The molecule has 1 amide bonds. The predicted molar refractivity (Wildman–Crippen MR) is 99.5 cm³/mol. The Kier molecular flexibility index (Phi) is 4.07. The lowest BCUT2D eigenvalue weighted by atomic mass is 10.2. The molecule has 2 aromatic carbocycles. The minimum atomic E-state index is -0.289. The fourth-order valence-corrected chi connectivity index (χ4v) is 2.62. The minimum Gasteiger partial charge on any atom is -0.457 e. The topological polar surface area (TPSA) is 79.9 Å². The molecule has 4 aromatic rings. The zero-order valence-corrected chi connectivity index (χ0v) is 14.1. The molecule has 0 aliphatic rings. The average Bonchev–Trinajstić information content (AvgIpc) is 3.10. The van der Waals surface area contributed by atoms with Gasteiger partial charge in [-0.25, -0.2) is 4.98 Å². The second kappa shape index (κ2) is 6.68. The first-order chi connectivity index (χ1) is 12.7. The maximum Gasteiger partial charge on any atom is 0.291 e. The third-order valence-electron chi connectivity index (χ3n) is 3.93. The number of carbonyl (C=O) groups is 1. The van der Waals surface area contributed by atoms with Gasteiger partial charge in [0.1, 0.15) is 11.5 Å². The third kappa shape index (κ3) is 3.25. The molecule has 0 spiro atoms. The molecule has 0 atom stereocenters. The van der Waals surface area contributed by atoms with Crippen molar-refractivity contribution in [3.05, 3.63) is 78.4 Å². The van der Waals surface area contributed by atoms with E-state index in [1.807, 2.05) is 25.1 Å². The molecule has 0 aliphatic heterocycles. The number of aromatic amines is 1. The summed E-state index contributed by atoms with van der Waals surface area (Å²) >= 11 is 0. The van der Waals surface area contributed by atoms with E-state index in [1.54, 1.807) is 48.8 Å². The molecule has 0 unspecified atom stereocenters. The Hall–Kier alpha value is -3.67. The first kappa shape index (κ1) is 15.8. The number of carbonyl (C=O) groups excluding carboxylic acids is 1. The second-order valence-electron chi connectivity index (χ2n) is 5.82. The van der Waals surface area contributed by atoms with Gasteiger partial charge >= 0.3 is 0 Å². The van der Waals surface area contributed by atoms with E-state index in [9.17, 15) is 4.79 Å². The first-order valence-corrected chi connectivity index (χ1v) is 8.14. The van der Waals surface area contributed by atoms with Crippen LogP contribution in [0.25, 0.3) is 11.0 Å². The van der Waals surface area contributed by atoms with Gasteiger partial charge in [0.05, 0.1) is 11.0 Å². The Morgan fingerprint density at radius 2 is 1.73 bits per heavy atom. The molecule has 6 heteroatoms. The van der Waals surface area contributed by atoms with Crippen molar-refractivity contribution in [1.82, 2.24) is 15.0 Å². The van der Waals surface area contributed by atoms with Crippen LogP contribution in [0.2, 0.25) is 0 Å². The maximum atomic E-state index is 12.4. The zero-order valence-electron chi connectivity index (χ0n) is 14.1. The number of aryl methyl sites for hydroxylation is 1. The van der Waals surface area contributed by atoms with Gasteiger partial charge in [-0.3, -0.25) is 9.78 Å². The number of para-hydroxylation sites is 1. The summed E-state index contributed by atoms with van der Waals surface area (Å²) in [6.45, 7) is 1.96. The van der Waals surface area contributed by atoms with Gasteiger partial charge in [0, 0.05) is 18.1 Å². The Bertz CT molecular complexity index is 1060. The molecule has 0 radical (unpaired) electrons. The number of aromatic nitrogens is 3. The number of H-pyrrole nitrogens is 1. The Morgan fingerprint density at radius 1 is 1.00 bits per heavy atom. The van der Waals surface area contributed by atoms with Crippen molar-refractivity contribution in [3.8, 4) is 11.5 Å². The fraction of sp³-hybridized carbons (Fsp3) is 0.0500. The fourth-order valence-electron chi connectivity index (χ4n) is 2.62. The molecule has 6 nitrogen and oxygen atoms in total. The largest absolute Gasteiger partial charge is 0.457 e. The van der Waals surface area contributed by atoms with E-state index in [4.69, 9.17) is 4.74 Å². The molecule has 0 fully saturated rings.